The van der Waals surface area contributed by atoms with Gasteiger partial charge in [0.15, 0.2) is 18.5 Å². The number of carboxylic acid groups (broad SMARTS) is 1. The van der Waals surface area contributed by atoms with Gasteiger partial charge in [-0.2, -0.15) is 33.7 Å². The van der Waals surface area contributed by atoms with Crippen LogP contribution in [-0.4, -0.2) is 142 Å². The highest BCUT2D eigenvalue weighted by Gasteiger charge is 2.57. The molecule has 9 unspecified atom stereocenters. The third-order valence-corrected chi connectivity index (χ3v) is 6.55. The zero-order chi connectivity index (χ0) is 30.1. The quantitative estimate of drug-likeness (QED) is 0.0906. The Kier molecular flexibility index (Phi) is 10.7. The van der Waals surface area contributed by atoms with Gasteiger partial charge in [-0.25, -0.2) is 21.5 Å². The van der Waals surface area contributed by atoms with E-state index >= 15 is 0 Å². The summed E-state index contributed by atoms with van der Waals surface area (Å²) >= 11 is 0. The number of carboxylic acids is 1. The zero-order valence-electron chi connectivity index (χ0n) is 18.4. The van der Waals surface area contributed by atoms with Gasteiger partial charge < -0.3 is 29.5 Å². The minimum Gasteiger partial charge on any atom is -0.479 e. The molecular weight excluding hydrogens is 640 g/mol. The van der Waals surface area contributed by atoms with Crippen molar-refractivity contribution in [1.82, 2.24) is 0 Å². The predicted octanol–water partition coefficient (Wildman–Crippen LogP) is -5.31. The molecule has 0 spiro atoms. The predicted molar refractivity (Wildman–Crippen MR) is 110 cm³/mol. The molecule has 0 radical (unpaired) electrons. The summed E-state index contributed by atoms with van der Waals surface area (Å²) < 4.78 is 158. The number of hydrogen-bond donors (Lipinski definition) is 7. The first-order valence-corrected chi connectivity index (χ1v) is 15.0. The lowest BCUT2D eigenvalue weighted by Crippen LogP contribution is -2.63. The summed E-state index contributed by atoms with van der Waals surface area (Å²) in [5.41, 5.74) is 0. The molecule has 0 aromatic heterocycles. The van der Waals surface area contributed by atoms with Crippen LogP contribution in [0.5, 0.6) is 0 Å². The zero-order valence-corrected chi connectivity index (χ0v) is 21.7. The van der Waals surface area contributed by atoms with E-state index in [1.165, 1.54) is 0 Å². The lowest BCUT2D eigenvalue weighted by Gasteiger charge is -2.42. The summed E-state index contributed by atoms with van der Waals surface area (Å²) in [5.74, 6) is -2.10. The van der Waals surface area contributed by atoms with Crippen LogP contribution < -0.4 is 0 Å². The van der Waals surface area contributed by atoms with Crippen LogP contribution in [0.25, 0.3) is 0 Å². The first kappa shape index (κ1) is 34.0. The summed E-state index contributed by atoms with van der Waals surface area (Å²) in [4.78, 5) is 11.6. The fourth-order valence-corrected chi connectivity index (χ4v) is 5.25. The fraction of sp³-hybridized carbons (Fsp3) is 0.917. The van der Waals surface area contributed by atoms with Crippen molar-refractivity contribution in [3.8, 4) is 0 Å². The van der Waals surface area contributed by atoms with Crippen molar-refractivity contribution in [2.45, 2.75) is 55.1 Å². The van der Waals surface area contributed by atoms with Crippen molar-refractivity contribution in [2.75, 3.05) is 13.2 Å². The third kappa shape index (κ3) is 10.3. The van der Waals surface area contributed by atoms with E-state index in [1.54, 1.807) is 0 Å². The molecule has 9 atom stereocenters. The molecule has 2 aliphatic rings. The highest BCUT2D eigenvalue weighted by molar-refractivity contribution is 7.81. The van der Waals surface area contributed by atoms with Crippen molar-refractivity contribution in [3.63, 3.8) is 0 Å². The number of hydrogen-bond acceptors (Lipinski definition) is 18. The topological polar surface area (TPSA) is 360 Å². The average Bonchev–Trinajstić information content (AvgIpc) is 3.03. The summed E-state index contributed by atoms with van der Waals surface area (Å²) in [6, 6.07) is 0. The van der Waals surface area contributed by atoms with Crippen LogP contribution in [-0.2, 0) is 77.3 Å². The minimum atomic E-state index is -5.69. The smallest absolute Gasteiger partial charge is 0.397 e. The van der Waals surface area contributed by atoms with E-state index < -0.39 is 116 Å². The van der Waals surface area contributed by atoms with Gasteiger partial charge in [-0.15, -0.1) is 0 Å². The SMILES string of the molecule is O=C(O)C1OC(OC2C(COS(=O)(=O)O)OC(CO)C2OS(=O)(=O)O)C(OS(=O)(=O)O)C(OS(=O)(=O)O)C1O. The van der Waals surface area contributed by atoms with Gasteiger partial charge in [-0.1, -0.05) is 0 Å². The summed E-state index contributed by atoms with van der Waals surface area (Å²) in [6.07, 6.45) is -21.8. The van der Waals surface area contributed by atoms with Crippen LogP contribution in [0.15, 0.2) is 0 Å². The van der Waals surface area contributed by atoms with Crippen molar-refractivity contribution in [2.24, 2.45) is 0 Å². The Bertz CT molecular complexity index is 1300. The molecule has 2 heterocycles. The molecule has 7 N–H and O–H groups in total. The molecule has 2 aliphatic heterocycles. The maximum Gasteiger partial charge on any atom is 0.397 e. The van der Waals surface area contributed by atoms with Gasteiger partial charge in [0.05, 0.1) is 13.2 Å². The van der Waals surface area contributed by atoms with Gasteiger partial charge in [0.25, 0.3) is 0 Å². The summed E-state index contributed by atoms with van der Waals surface area (Å²) in [5, 5.41) is 29.0. The standard InChI is InChI=1S/C12H20O23S4/c13-1-3-7(33-37(20,21)22)6(4(30-3)2-29-36(17,18)19)31-12-10(35-39(26,27)28)8(34-38(23,24)25)5(14)9(32-12)11(15)16/h3-10,12-14H,1-2H2,(H,15,16)(H,17,18,19)(H,20,21,22)(H,23,24,25)(H,26,27,28). The number of aliphatic carboxylic acids is 1. The molecule has 2 fully saturated rings. The molecule has 27 heteroatoms. The maximum absolute atomic E-state index is 11.6. The lowest BCUT2D eigenvalue weighted by atomic mass is 9.98. The highest BCUT2D eigenvalue weighted by atomic mass is 32.3. The number of aliphatic hydroxyl groups is 2. The van der Waals surface area contributed by atoms with E-state index in [0.717, 1.165) is 0 Å². The van der Waals surface area contributed by atoms with E-state index in [2.05, 4.69) is 16.7 Å². The van der Waals surface area contributed by atoms with E-state index in [0.29, 0.717) is 0 Å². The molecular formula is C12H20O23S4. The lowest BCUT2D eigenvalue weighted by molar-refractivity contribution is -0.302. The van der Waals surface area contributed by atoms with E-state index in [9.17, 15) is 53.8 Å². The van der Waals surface area contributed by atoms with Crippen LogP contribution >= 0.6 is 0 Å². The van der Waals surface area contributed by atoms with Crippen LogP contribution in [0, 0.1) is 0 Å². The van der Waals surface area contributed by atoms with Crippen LogP contribution in [0.2, 0.25) is 0 Å². The van der Waals surface area contributed by atoms with Gasteiger partial charge in [-0.05, 0) is 0 Å². The normalized spacial score (nSPS) is 34.7. The number of rotatable bonds is 13. The largest absolute Gasteiger partial charge is 0.479 e. The number of carbonyl (C=O) groups is 1. The molecule has 23 nitrogen and oxygen atoms in total. The fourth-order valence-electron chi connectivity index (χ4n) is 3.44. The van der Waals surface area contributed by atoms with Crippen molar-refractivity contribution >= 4 is 47.6 Å². The number of ether oxygens (including phenoxy) is 3. The molecule has 0 bridgehead atoms. The van der Waals surface area contributed by atoms with Gasteiger partial charge in [-0.3, -0.25) is 18.2 Å². The minimum absolute atomic E-state index is 1.16. The second-order valence-electron chi connectivity index (χ2n) is 7.43. The summed E-state index contributed by atoms with van der Waals surface area (Å²) in [7, 11) is -22.0. The van der Waals surface area contributed by atoms with Crippen molar-refractivity contribution in [1.29, 1.82) is 0 Å². The summed E-state index contributed by atoms with van der Waals surface area (Å²) in [6.45, 7) is -2.46. The van der Waals surface area contributed by atoms with E-state index in [1.807, 2.05) is 0 Å². The third-order valence-electron chi connectivity index (χ3n) is 4.72. The van der Waals surface area contributed by atoms with Crippen LogP contribution in [0.3, 0.4) is 0 Å². The number of aliphatic hydroxyl groups excluding tert-OH is 2. The van der Waals surface area contributed by atoms with Gasteiger partial charge >= 0.3 is 47.6 Å². The Morgan fingerprint density at radius 3 is 1.62 bits per heavy atom. The molecule has 0 aromatic carbocycles. The molecule has 39 heavy (non-hydrogen) atoms. The van der Waals surface area contributed by atoms with Gasteiger partial charge in [0.2, 0.25) is 0 Å². The maximum atomic E-state index is 11.6. The van der Waals surface area contributed by atoms with Crippen LogP contribution in [0.4, 0.5) is 0 Å². The molecule has 230 valence electrons. The van der Waals surface area contributed by atoms with Gasteiger partial charge in [0.1, 0.15) is 36.6 Å². The van der Waals surface area contributed by atoms with E-state index in [4.69, 9.17) is 32.4 Å². The van der Waals surface area contributed by atoms with Crippen molar-refractivity contribution in [3.05, 3.63) is 0 Å². The first-order chi connectivity index (χ1) is 17.5. The molecule has 2 saturated heterocycles. The monoisotopic (exact) mass is 660 g/mol. The Morgan fingerprint density at radius 2 is 1.18 bits per heavy atom. The van der Waals surface area contributed by atoms with Crippen LogP contribution in [0.1, 0.15) is 0 Å². The van der Waals surface area contributed by atoms with E-state index in [-0.39, 0.29) is 0 Å². The molecule has 0 aliphatic carbocycles. The molecule has 0 saturated carbocycles. The highest BCUT2D eigenvalue weighted by Crippen LogP contribution is 2.34. The Balaban J connectivity index is 2.60. The second-order valence-corrected chi connectivity index (χ2v) is 11.7. The average molecular weight is 661 g/mol. The Labute approximate surface area is 218 Å². The van der Waals surface area contributed by atoms with Gasteiger partial charge in [0, 0.05) is 0 Å². The molecule has 0 amide bonds. The Morgan fingerprint density at radius 1 is 0.692 bits per heavy atom. The first-order valence-electron chi connectivity index (χ1n) is 9.58. The van der Waals surface area contributed by atoms with Crippen molar-refractivity contribution < 1.29 is 103 Å². The molecule has 2 rings (SSSR count). The molecule has 0 aromatic rings. The second kappa shape index (κ2) is 12.3. The Hall–Kier alpha value is -1.25.